The first-order valence-corrected chi connectivity index (χ1v) is 4.52. The molecule has 68 valence electrons. The fraction of sp³-hybridized carbons (Fsp3) is 0.700. The lowest BCUT2D eigenvalue weighted by atomic mass is 9.85. The van der Waals surface area contributed by atoms with Crippen LogP contribution in [-0.2, 0) is 9.53 Å². The van der Waals surface area contributed by atoms with E-state index in [0.717, 1.165) is 19.3 Å². The molecule has 0 radical (unpaired) electrons. The van der Waals surface area contributed by atoms with Gasteiger partial charge in [0.2, 0.25) is 0 Å². The molecule has 0 bridgehead atoms. The molecule has 0 saturated carbocycles. The van der Waals surface area contributed by atoms with Gasteiger partial charge in [0.1, 0.15) is 0 Å². The molecule has 1 rings (SSSR count). The number of rotatable bonds is 2. The number of hydrogen-bond donors (Lipinski definition) is 0. The van der Waals surface area contributed by atoms with Crippen LogP contribution in [0.3, 0.4) is 0 Å². The van der Waals surface area contributed by atoms with E-state index in [4.69, 9.17) is 4.74 Å². The van der Waals surface area contributed by atoms with Crippen molar-refractivity contribution in [3.8, 4) is 0 Å². The Morgan fingerprint density at radius 1 is 1.67 bits per heavy atom. The van der Waals surface area contributed by atoms with Gasteiger partial charge in [-0.05, 0) is 25.2 Å². The highest BCUT2D eigenvalue weighted by molar-refractivity contribution is 5.72. The molecule has 0 aromatic carbocycles. The fourth-order valence-electron chi connectivity index (χ4n) is 1.64. The highest BCUT2D eigenvalue weighted by Gasteiger charge is 2.23. The Bertz CT molecular complexity index is 184. The van der Waals surface area contributed by atoms with Crippen molar-refractivity contribution < 1.29 is 9.53 Å². The van der Waals surface area contributed by atoms with Crippen molar-refractivity contribution in [2.45, 2.75) is 26.2 Å². The zero-order valence-corrected chi connectivity index (χ0v) is 7.75. The van der Waals surface area contributed by atoms with E-state index >= 15 is 0 Å². The summed E-state index contributed by atoms with van der Waals surface area (Å²) in [6, 6.07) is 0. The van der Waals surface area contributed by atoms with E-state index in [1.807, 2.05) is 0 Å². The predicted octanol–water partition coefficient (Wildman–Crippen LogP) is 2.15. The Labute approximate surface area is 73.6 Å². The van der Waals surface area contributed by atoms with Gasteiger partial charge in [-0.2, -0.15) is 0 Å². The summed E-state index contributed by atoms with van der Waals surface area (Å²) >= 11 is 0. The molecular formula is C10H16O2. The lowest BCUT2D eigenvalue weighted by Gasteiger charge is -2.21. The molecule has 0 aliphatic heterocycles. The highest BCUT2D eigenvalue weighted by atomic mass is 16.5. The quantitative estimate of drug-likeness (QED) is 0.466. The molecule has 0 saturated heterocycles. The van der Waals surface area contributed by atoms with Crippen LogP contribution in [0.2, 0.25) is 0 Å². The first kappa shape index (κ1) is 9.30. The Kier molecular flexibility index (Phi) is 3.32. The van der Waals surface area contributed by atoms with Gasteiger partial charge >= 0.3 is 5.97 Å². The number of allylic oxidation sites excluding steroid dienone is 2. The largest absolute Gasteiger partial charge is 0.469 e. The minimum absolute atomic E-state index is 0.0576. The van der Waals surface area contributed by atoms with Gasteiger partial charge in [0.15, 0.2) is 0 Å². The fourth-order valence-corrected chi connectivity index (χ4v) is 1.64. The Hall–Kier alpha value is -0.790. The molecule has 0 heterocycles. The molecule has 2 nitrogen and oxygen atoms in total. The van der Waals surface area contributed by atoms with Crippen LogP contribution >= 0.6 is 0 Å². The van der Waals surface area contributed by atoms with Crippen LogP contribution in [0, 0.1) is 11.8 Å². The molecule has 2 heteroatoms. The Morgan fingerprint density at radius 3 is 3.00 bits per heavy atom. The molecule has 0 aromatic heterocycles. The summed E-state index contributed by atoms with van der Waals surface area (Å²) in [5.41, 5.74) is 0. The maximum absolute atomic E-state index is 11.2. The number of hydrogen-bond acceptors (Lipinski definition) is 2. The second-order valence-corrected chi connectivity index (χ2v) is 3.29. The number of carbonyl (C=O) groups is 1. The first-order chi connectivity index (χ1) is 5.77. The summed E-state index contributed by atoms with van der Waals surface area (Å²) < 4.78 is 4.71. The number of carbonyl (C=O) groups excluding carboxylic acids is 1. The number of esters is 1. The number of methoxy groups -OCH3 is 1. The summed E-state index contributed by atoms with van der Waals surface area (Å²) in [7, 11) is 1.46. The summed E-state index contributed by atoms with van der Waals surface area (Å²) in [5.74, 6) is 0.616. The zero-order chi connectivity index (χ0) is 8.97. The third kappa shape index (κ3) is 2.10. The van der Waals surface area contributed by atoms with E-state index in [-0.39, 0.29) is 11.9 Å². The maximum atomic E-state index is 11.2. The molecule has 0 aromatic rings. The molecule has 2 atom stereocenters. The topological polar surface area (TPSA) is 26.3 Å². The van der Waals surface area contributed by atoms with Gasteiger partial charge < -0.3 is 4.74 Å². The van der Waals surface area contributed by atoms with E-state index in [1.165, 1.54) is 7.11 Å². The third-order valence-electron chi connectivity index (χ3n) is 2.48. The van der Waals surface area contributed by atoms with Gasteiger partial charge in [0.05, 0.1) is 13.0 Å². The van der Waals surface area contributed by atoms with Crippen molar-refractivity contribution in [1.29, 1.82) is 0 Å². The van der Waals surface area contributed by atoms with Crippen LogP contribution in [0.15, 0.2) is 12.2 Å². The summed E-state index contributed by atoms with van der Waals surface area (Å²) in [5, 5.41) is 0. The van der Waals surface area contributed by atoms with E-state index in [2.05, 4.69) is 19.1 Å². The molecule has 0 spiro atoms. The zero-order valence-electron chi connectivity index (χ0n) is 7.75. The monoisotopic (exact) mass is 168 g/mol. The van der Waals surface area contributed by atoms with Gasteiger partial charge in [-0.15, -0.1) is 0 Å². The van der Waals surface area contributed by atoms with Crippen molar-refractivity contribution >= 4 is 5.97 Å². The third-order valence-corrected chi connectivity index (χ3v) is 2.48. The summed E-state index contributed by atoms with van der Waals surface area (Å²) in [6.45, 7) is 2.15. The average molecular weight is 168 g/mol. The average Bonchev–Trinajstić information content (AvgIpc) is 2.17. The van der Waals surface area contributed by atoms with E-state index in [9.17, 15) is 4.79 Å². The van der Waals surface area contributed by atoms with Crippen molar-refractivity contribution in [3.05, 3.63) is 12.2 Å². The lowest BCUT2D eigenvalue weighted by molar-refractivity contribution is -0.146. The van der Waals surface area contributed by atoms with Gasteiger partial charge in [-0.3, -0.25) is 4.79 Å². The Balaban J connectivity index is 2.49. The minimum Gasteiger partial charge on any atom is -0.469 e. The highest BCUT2D eigenvalue weighted by Crippen LogP contribution is 2.26. The molecule has 0 N–H and O–H groups in total. The van der Waals surface area contributed by atoms with Crippen LogP contribution < -0.4 is 0 Å². The van der Waals surface area contributed by atoms with Crippen LogP contribution in [-0.4, -0.2) is 13.1 Å². The summed E-state index contributed by atoms with van der Waals surface area (Å²) in [6.07, 6.45) is 7.23. The molecular weight excluding hydrogens is 152 g/mol. The normalized spacial score (nSPS) is 28.5. The lowest BCUT2D eigenvalue weighted by Crippen LogP contribution is -2.20. The van der Waals surface area contributed by atoms with Crippen molar-refractivity contribution in [3.63, 3.8) is 0 Å². The Morgan fingerprint density at radius 2 is 2.42 bits per heavy atom. The molecule has 12 heavy (non-hydrogen) atoms. The van der Waals surface area contributed by atoms with Crippen LogP contribution in [0.1, 0.15) is 26.2 Å². The molecule has 0 fully saturated rings. The minimum atomic E-state index is -0.0576. The summed E-state index contributed by atoms with van der Waals surface area (Å²) in [4.78, 5) is 11.2. The SMILES string of the molecule is CCC1C=CCC(C(=O)OC)C1. The predicted molar refractivity (Wildman–Crippen MR) is 47.7 cm³/mol. The molecule has 2 unspecified atom stereocenters. The van der Waals surface area contributed by atoms with Gasteiger partial charge in [0, 0.05) is 0 Å². The van der Waals surface area contributed by atoms with Crippen molar-refractivity contribution in [2.75, 3.05) is 7.11 Å². The van der Waals surface area contributed by atoms with Gasteiger partial charge in [-0.25, -0.2) is 0 Å². The van der Waals surface area contributed by atoms with Crippen LogP contribution in [0.5, 0.6) is 0 Å². The van der Waals surface area contributed by atoms with Crippen molar-refractivity contribution in [1.82, 2.24) is 0 Å². The van der Waals surface area contributed by atoms with Crippen LogP contribution in [0.4, 0.5) is 0 Å². The number of ether oxygens (including phenoxy) is 1. The first-order valence-electron chi connectivity index (χ1n) is 4.52. The second kappa shape index (κ2) is 4.29. The van der Waals surface area contributed by atoms with Gasteiger partial charge in [-0.1, -0.05) is 19.1 Å². The van der Waals surface area contributed by atoms with E-state index in [1.54, 1.807) is 0 Å². The maximum Gasteiger partial charge on any atom is 0.308 e. The standard InChI is InChI=1S/C10H16O2/c1-3-8-5-4-6-9(7-8)10(11)12-2/h4-5,8-9H,3,6-7H2,1-2H3. The van der Waals surface area contributed by atoms with E-state index < -0.39 is 0 Å². The van der Waals surface area contributed by atoms with Crippen molar-refractivity contribution in [2.24, 2.45) is 11.8 Å². The van der Waals surface area contributed by atoms with E-state index in [0.29, 0.717) is 5.92 Å². The molecule has 1 aliphatic carbocycles. The molecule has 0 amide bonds. The van der Waals surface area contributed by atoms with Gasteiger partial charge in [0.25, 0.3) is 0 Å². The van der Waals surface area contributed by atoms with Crippen LogP contribution in [0.25, 0.3) is 0 Å². The second-order valence-electron chi connectivity index (χ2n) is 3.29. The smallest absolute Gasteiger partial charge is 0.308 e. The molecule has 1 aliphatic rings.